The molecule has 1 aliphatic heterocycles. The number of nitrogens with one attached hydrogen (secondary N) is 1. The Morgan fingerprint density at radius 2 is 2.46 bits per heavy atom. The lowest BCUT2D eigenvalue weighted by molar-refractivity contribution is -0.121. The number of ether oxygens (including phenoxy) is 1. The second-order valence-corrected chi connectivity index (χ2v) is 3.71. The van der Waals surface area contributed by atoms with E-state index in [4.69, 9.17) is 16.2 Å². The SMILES string of the molecule is CC(N)(CC(N)=O)C1CNCCO1. The molecule has 0 saturated carbocycles. The summed E-state index contributed by atoms with van der Waals surface area (Å²) in [4.78, 5) is 10.7. The molecule has 0 aromatic heterocycles. The summed E-state index contributed by atoms with van der Waals surface area (Å²) in [7, 11) is 0. The molecule has 2 atom stereocenters. The van der Waals surface area contributed by atoms with E-state index < -0.39 is 5.54 Å². The van der Waals surface area contributed by atoms with Crippen LogP contribution >= 0.6 is 0 Å². The van der Waals surface area contributed by atoms with Crippen LogP contribution in [-0.4, -0.2) is 37.2 Å². The Labute approximate surface area is 77.8 Å². The van der Waals surface area contributed by atoms with Gasteiger partial charge in [-0.2, -0.15) is 0 Å². The molecular weight excluding hydrogens is 170 g/mol. The van der Waals surface area contributed by atoms with Gasteiger partial charge in [-0.25, -0.2) is 0 Å². The number of primary amides is 1. The fourth-order valence-corrected chi connectivity index (χ4v) is 1.48. The van der Waals surface area contributed by atoms with Gasteiger partial charge in [-0.15, -0.1) is 0 Å². The first-order valence-electron chi connectivity index (χ1n) is 4.42. The fourth-order valence-electron chi connectivity index (χ4n) is 1.48. The third kappa shape index (κ3) is 2.95. The molecule has 1 aliphatic rings. The van der Waals surface area contributed by atoms with Crippen LogP contribution in [0.1, 0.15) is 13.3 Å². The average molecular weight is 187 g/mol. The minimum atomic E-state index is -0.667. The van der Waals surface area contributed by atoms with Crippen molar-refractivity contribution in [2.24, 2.45) is 11.5 Å². The Hall–Kier alpha value is -0.650. The highest BCUT2D eigenvalue weighted by molar-refractivity contribution is 5.75. The van der Waals surface area contributed by atoms with E-state index >= 15 is 0 Å². The normalized spacial score (nSPS) is 28.0. The summed E-state index contributed by atoms with van der Waals surface area (Å²) in [5.41, 5.74) is 10.3. The Bertz CT molecular complexity index is 188. The van der Waals surface area contributed by atoms with Crippen molar-refractivity contribution in [3.05, 3.63) is 0 Å². The van der Waals surface area contributed by atoms with Gasteiger partial charge in [0.15, 0.2) is 0 Å². The number of hydrogen-bond acceptors (Lipinski definition) is 4. The number of amides is 1. The topological polar surface area (TPSA) is 90.4 Å². The van der Waals surface area contributed by atoms with Gasteiger partial charge in [0, 0.05) is 25.0 Å². The van der Waals surface area contributed by atoms with Crippen molar-refractivity contribution in [3.8, 4) is 0 Å². The third-order valence-electron chi connectivity index (χ3n) is 2.22. The van der Waals surface area contributed by atoms with Gasteiger partial charge in [0.05, 0.1) is 12.7 Å². The second kappa shape index (κ2) is 4.04. The van der Waals surface area contributed by atoms with Gasteiger partial charge in [0.1, 0.15) is 0 Å². The number of carbonyl (C=O) groups excluding carboxylic acids is 1. The van der Waals surface area contributed by atoms with E-state index in [0.29, 0.717) is 13.2 Å². The van der Waals surface area contributed by atoms with Crippen LogP contribution in [0, 0.1) is 0 Å². The smallest absolute Gasteiger partial charge is 0.219 e. The predicted octanol–water partition coefficient (Wildman–Crippen LogP) is -1.43. The summed E-state index contributed by atoms with van der Waals surface area (Å²) >= 11 is 0. The number of carbonyl (C=O) groups is 1. The monoisotopic (exact) mass is 187 g/mol. The zero-order chi connectivity index (χ0) is 9.90. The molecule has 2 unspecified atom stereocenters. The maximum atomic E-state index is 10.7. The molecule has 0 radical (unpaired) electrons. The molecule has 13 heavy (non-hydrogen) atoms. The molecule has 5 nitrogen and oxygen atoms in total. The molecule has 0 spiro atoms. The Balaban J connectivity index is 2.50. The standard InChI is InChI=1S/C8H17N3O2/c1-8(10,4-7(9)12)6-5-11-2-3-13-6/h6,11H,2-5,10H2,1H3,(H2,9,12). The lowest BCUT2D eigenvalue weighted by Crippen LogP contribution is -2.58. The van der Waals surface area contributed by atoms with Gasteiger partial charge >= 0.3 is 0 Å². The Morgan fingerprint density at radius 1 is 1.77 bits per heavy atom. The molecule has 1 rings (SSSR count). The molecule has 1 amide bonds. The number of hydrogen-bond donors (Lipinski definition) is 3. The molecule has 5 heteroatoms. The predicted molar refractivity (Wildman–Crippen MR) is 49.0 cm³/mol. The van der Waals surface area contributed by atoms with Crippen LogP contribution in [0.15, 0.2) is 0 Å². The lowest BCUT2D eigenvalue weighted by atomic mass is 9.91. The average Bonchev–Trinajstić information content (AvgIpc) is 2.04. The summed E-state index contributed by atoms with van der Waals surface area (Å²) in [5, 5.41) is 3.16. The van der Waals surface area contributed by atoms with Gasteiger partial charge < -0.3 is 21.5 Å². The molecule has 0 aromatic rings. The van der Waals surface area contributed by atoms with Crippen LogP contribution in [0.5, 0.6) is 0 Å². The first kappa shape index (κ1) is 10.4. The van der Waals surface area contributed by atoms with Gasteiger partial charge in [0.2, 0.25) is 5.91 Å². The molecule has 5 N–H and O–H groups in total. The van der Waals surface area contributed by atoms with Gasteiger partial charge in [0.25, 0.3) is 0 Å². The van der Waals surface area contributed by atoms with Crippen LogP contribution in [-0.2, 0) is 9.53 Å². The van der Waals surface area contributed by atoms with E-state index in [9.17, 15) is 4.79 Å². The lowest BCUT2D eigenvalue weighted by Gasteiger charge is -2.36. The van der Waals surface area contributed by atoms with Crippen LogP contribution in [0.25, 0.3) is 0 Å². The number of morpholine rings is 1. The number of nitrogens with two attached hydrogens (primary N) is 2. The molecule has 1 saturated heterocycles. The van der Waals surface area contributed by atoms with Crippen LogP contribution in [0.4, 0.5) is 0 Å². The van der Waals surface area contributed by atoms with Crippen LogP contribution < -0.4 is 16.8 Å². The Morgan fingerprint density at radius 3 is 2.92 bits per heavy atom. The molecule has 76 valence electrons. The summed E-state index contributed by atoms with van der Waals surface area (Å²) in [5.74, 6) is -0.390. The van der Waals surface area contributed by atoms with E-state index in [1.54, 1.807) is 6.92 Å². The van der Waals surface area contributed by atoms with Gasteiger partial charge in [-0.3, -0.25) is 4.79 Å². The molecule has 0 bridgehead atoms. The molecule has 1 fully saturated rings. The van der Waals surface area contributed by atoms with Crippen molar-refractivity contribution in [1.29, 1.82) is 0 Å². The van der Waals surface area contributed by atoms with E-state index in [-0.39, 0.29) is 18.4 Å². The summed E-state index contributed by atoms with van der Waals surface area (Å²) in [6.45, 7) is 3.94. The Kier molecular flexibility index (Phi) is 3.24. The van der Waals surface area contributed by atoms with Gasteiger partial charge in [-0.1, -0.05) is 0 Å². The second-order valence-electron chi connectivity index (χ2n) is 3.71. The molecule has 1 heterocycles. The zero-order valence-electron chi connectivity index (χ0n) is 7.88. The summed E-state index contributed by atoms with van der Waals surface area (Å²) in [6.07, 6.45) is 0.0213. The van der Waals surface area contributed by atoms with E-state index in [2.05, 4.69) is 5.32 Å². The summed E-state index contributed by atoms with van der Waals surface area (Å²) in [6, 6.07) is 0. The van der Waals surface area contributed by atoms with Crippen LogP contribution in [0.3, 0.4) is 0 Å². The van der Waals surface area contributed by atoms with E-state index in [0.717, 1.165) is 6.54 Å². The zero-order valence-corrected chi connectivity index (χ0v) is 7.88. The van der Waals surface area contributed by atoms with Crippen molar-refractivity contribution in [2.45, 2.75) is 25.0 Å². The highest BCUT2D eigenvalue weighted by Crippen LogP contribution is 2.15. The van der Waals surface area contributed by atoms with Crippen LogP contribution in [0.2, 0.25) is 0 Å². The fraction of sp³-hybridized carbons (Fsp3) is 0.875. The highest BCUT2D eigenvalue weighted by Gasteiger charge is 2.33. The molecule has 0 aliphatic carbocycles. The quantitative estimate of drug-likeness (QED) is 0.505. The minimum Gasteiger partial charge on any atom is -0.374 e. The molecular formula is C8H17N3O2. The largest absolute Gasteiger partial charge is 0.374 e. The van der Waals surface area contributed by atoms with Crippen molar-refractivity contribution in [2.75, 3.05) is 19.7 Å². The number of rotatable bonds is 3. The maximum Gasteiger partial charge on any atom is 0.219 e. The minimum absolute atomic E-state index is 0.131. The van der Waals surface area contributed by atoms with E-state index in [1.807, 2.05) is 0 Å². The van der Waals surface area contributed by atoms with Crippen molar-refractivity contribution >= 4 is 5.91 Å². The van der Waals surface area contributed by atoms with Gasteiger partial charge in [-0.05, 0) is 6.92 Å². The first-order valence-corrected chi connectivity index (χ1v) is 4.42. The van der Waals surface area contributed by atoms with Crippen molar-refractivity contribution < 1.29 is 9.53 Å². The first-order chi connectivity index (χ1) is 6.02. The maximum absolute atomic E-state index is 10.7. The van der Waals surface area contributed by atoms with Crippen molar-refractivity contribution in [1.82, 2.24) is 5.32 Å². The van der Waals surface area contributed by atoms with Crippen molar-refractivity contribution in [3.63, 3.8) is 0 Å². The molecule has 0 aromatic carbocycles. The third-order valence-corrected chi connectivity index (χ3v) is 2.22. The summed E-state index contributed by atoms with van der Waals surface area (Å²) < 4.78 is 5.45. The van der Waals surface area contributed by atoms with E-state index in [1.165, 1.54) is 0 Å². The highest BCUT2D eigenvalue weighted by atomic mass is 16.5.